The Morgan fingerprint density at radius 2 is 1.83 bits per heavy atom. The van der Waals surface area contributed by atoms with E-state index in [1.807, 2.05) is 0 Å². The molecule has 2 aliphatic rings. The van der Waals surface area contributed by atoms with Crippen LogP contribution < -0.4 is 0 Å². The Balaban J connectivity index is 1.66. The third-order valence-electron chi connectivity index (χ3n) is 6.06. The van der Waals surface area contributed by atoms with Gasteiger partial charge in [-0.2, -0.15) is 13.2 Å². The van der Waals surface area contributed by atoms with Gasteiger partial charge in [0.05, 0.1) is 5.56 Å². The molecule has 3 rings (SSSR count). The van der Waals surface area contributed by atoms with E-state index in [9.17, 15) is 26.7 Å². The Hall–Kier alpha value is -1.90. The van der Waals surface area contributed by atoms with Crippen LogP contribution in [0.2, 0.25) is 0 Å². The Kier molecular flexibility index (Phi) is 7.55. The Bertz CT molecular complexity index is 720. The monoisotopic (exact) mass is 434 g/mol. The summed E-state index contributed by atoms with van der Waals surface area (Å²) in [4.78, 5) is 15.5. The van der Waals surface area contributed by atoms with E-state index in [1.54, 1.807) is 4.90 Å². The largest absolute Gasteiger partial charge is 0.447 e. The summed E-state index contributed by atoms with van der Waals surface area (Å²) in [5, 5.41) is 0. The van der Waals surface area contributed by atoms with Crippen molar-refractivity contribution < 1.29 is 31.5 Å². The van der Waals surface area contributed by atoms with Crippen molar-refractivity contribution in [1.82, 2.24) is 9.80 Å². The van der Waals surface area contributed by atoms with Gasteiger partial charge in [0.2, 0.25) is 0 Å². The van der Waals surface area contributed by atoms with Crippen LogP contribution in [0, 0.1) is 11.7 Å². The summed E-state index contributed by atoms with van der Waals surface area (Å²) in [6.45, 7) is 0.822. The minimum Gasteiger partial charge on any atom is -0.447 e. The van der Waals surface area contributed by atoms with Crippen molar-refractivity contribution in [3.63, 3.8) is 0 Å². The van der Waals surface area contributed by atoms with Crippen molar-refractivity contribution >= 4 is 6.09 Å². The van der Waals surface area contributed by atoms with Crippen LogP contribution in [0.5, 0.6) is 0 Å². The van der Waals surface area contributed by atoms with Gasteiger partial charge in [0, 0.05) is 25.7 Å². The zero-order valence-corrected chi connectivity index (χ0v) is 16.8. The average Bonchev–Trinajstić information content (AvgIpc) is 2.73. The van der Waals surface area contributed by atoms with Crippen LogP contribution in [0.15, 0.2) is 18.2 Å². The number of hydrogen-bond donors (Lipinski definition) is 0. The second-order valence-electron chi connectivity index (χ2n) is 7.96. The van der Waals surface area contributed by atoms with Crippen LogP contribution in [0.1, 0.15) is 43.2 Å². The second kappa shape index (κ2) is 9.94. The van der Waals surface area contributed by atoms with E-state index in [-0.39, 0.29) is 30.7 Å². The molecule has 1 unspecified atom stereocenters. The van der Waals surface area contributed by atoms with E-state index in [4.69, 9.17) is 4.74 Å². The molecule has 2 heterocycles. The highest BCUT2D eigenvalue weighted by molar-refractivity contribution is 5.67. The number of carbonyl (C=O) groups excluding carboxylic acids is 1. The fourth-order valence-corrected chi connectivity index (χ4v) is 4.60. The third kappa shape index (κ3) is 5.62. The maximum absolute atomic E-state index is 13.4. The SMILES string of the molecule is O=C(OCCF)N1CCC(C2CCCCN2Cc2ccc(F)cc2C(F)(F)F)CC1. The molecule has 4 nitrogen and oxygen atoms in total. The summed E-state index contributed by atoms with van der Waals surface area (Å²) in [5.41, 5.74) is -0.833. The third-order valence-corrected chi connectivity index (χ3v) is 6.06. The highest BCUT2D eigenvalue weighted by atomic mass is 19.4. The number of alkyl halides is 4. The molecule has 2 saturated heterocycles. The lowest BCUT2D eigenvalue weighted by molar-refractivity contribution is -0.138. The molecule has 1 aromatic carbocycles. The highest BCUT2D eigenvalue weighted by Gasteiger charge is 2.37. The minimum atomic E-state index is -4.60. The molecular formula is C21H27F5N2O2. The van der Waals surface area contributed by atoms with Crippen LogP contribution in [0.3, 0.4) is 0 Å². The predicted octanol–water partition coefficient (Wildman–Crippen LogP) is 5.02. The maximum Gasteiger partial charge on any atom is 0.416 e. The quantitative estimate of drug-likeness (QED) is 0.611. The Morgan fingerprint density at radius 3 is 2.50 bits per heavy atom. The number of amides is 1. The van der Waals surface area contributed by atoms with Crippen molar-refractivity contribution in [2.75, 3.05) is 32.9 Å². The standard InChI is InChI=1S/C21H27F5N2O2/c22-8-12-30-20(29)27-10-6-15(7-11-27)19-3-1-2-9-28(19)14-16-4-5-17(23)13-18(16)21(24,25)26/h4-5,13,15,19H,1-3,6-12,14H2. The zero-order valence-electron chi connectivity index (χ0n) is 16.8. The number of rotatable bonds is 5. The molecule has 0 spiro atoms. The second-order valence-corrected chi connectivity index (χ2v) is 7.96. The number of carbonyl (C=O) groups is 1. The summed E-state index contributed by atoms with van der Waals surface area (Å²) in [7, 11) is 0. The van der Waals surface area contributed by atoms with E-state index in [0.717, 1.165) is 38.2 Å². The lowest BCUT2D eigenvalue weighted by Crippen LogP contribution is -2.48. The van der Waals surface area contributed by atoms with Crippen molar-refractivity contribution in [2.45, 2.75) is 50.9 Å². The van der Waals surface area contributed by atoms with E-state index in [0.29, 0.717) is 25.7 Å². The van der Waals surface area contributed by atoms with Gasteiger partial charge in [-0.1, -0.05) is 12.5 Å². The number of ether oxygens (including phenoxy) is 1. The first kappa shape index (κ1) is 22.8. The molecule has 0 radical (unpaired) electrons. The molecule has 0 saturated carbocycles. The number of nitrogens with zero attached hydrogens (tertiary/aromatic N) is 2. The van der Waals surface area contributed by atoms with Gasteiger partial charge in [0.15, 0.2) is 0 Å². The van der Waals surface area contributed by atoms with E-state index in [1.165, 1.54) is 6.07 Å². The number of likely N-dealkylation sites (tertiary alicyclic amines) is 2. The van der Waals surface area contributed by atoms with Crippen LogP contribution in [-0.2, 0) is 17.5 Å². The molecule has 1 atom stereocenters. The molecule has 2 fully saturated rings. The topological polar surface area (TPSA) is 32.8 Å². The van der Waals surface area contributed by atoms with Crippen molar-refractivity contribution in [2.24, 2.45) is 5.92 Å². The molecule has 0 aliphatic carbocycles. The van der Waals surface area contributed by atoms with Crippen LogP contribution in [0.4, 0.5) is 26.7 Å². The maximum atomic E-state index is 13.4. The molecule has 1 aromatic rings. The summed E-state index contributed by atoms with van der Waals surface area (Å²) in [6.07, 6.45) is -0.869. The summed E-state index contributed by atoms with van der Waals surface area (Å²) in [5.74, 6) is -0.640. The van der Waals surface area contributed by atoms with E-state index in [2.05, 4.69) is 4.90 Å². The molecule has 0 bridgehead atoms. The molecule has 30 heavy (non-hydrogen) atoms. The Morgan fingerprint density at radius 1 is 1.10 bits per heavy atom. The van der Waals surface area contributed by atoms with Gasteiger partial charge in [-0.15, -0.1) is 0 Å². The summed E-state index contributed by atoms with van der Waals surface area (Å²) in [6, 6.07) is 2.99. The van der Waals surface area contributed by atoms with Crippen LogP contribution in [0.25, 0.3) is 0 Å². The minimum absolute atomic E-state index is 0.0861. The smallest absolute Gasteiger partial charge is 0.416 e. The fourth-order valence-electron chi connectivity index (χ4n) is 4.60. The van der Waals surface area contributed by atoms with Gasteiger partial charge in [0.25, 0.3) is 0 Å². The van der Waals surface area contributed by atoms with E-state index < -0.39 is 30.3 Å². The fraction of sp³-hybridized carbons (Fsp3) is 0.667. The average molecular weight is 434 g/mol. The van der Waals surface area contributed by atoms with Gasteiger partial charge in [-0.3, -0.25) is 4.90 Å². The predicted molar refractivity (Wildman–Crippen MR) is 101 cm³/mol. The molecule has 2 aliphatic heterocycles. The molecule has 0 aromatic heterocycles. The van der Waals surface area contributed by atoms with E-state index >= 15 is 0 Å². The van der Waals surface area contributed by atoms with Gasteiger partial charge in [-0.05, 0) is 55.8 Å². The first-order valence-corrected chi connectivity index (χ1v) is 10.4. The summed E-state index contributed by atoms with van der Waals surface area (Å²) >= 11 is 0. The first-order valence-electron chi connectivity index (χ1n) is 10.4. The van der Waals surface area contributed by atoms with Crippen molar-refractivity contribution in [3.05, 3.63) is 35.1 Å². The van der Waals surface area contributed by atoms with Crippen molar-refractivity contribution in [1.29, 1.82) is 0 Å². The normalized spacial score (nSPS) is 21.6. The van der Waals surface area contributed by atoms with Gasteiger partial charge >= 0.3 is 12.3 Å². The first-order chi connectivity index (χ1) is 14.3. The molecule has 168 valence electrons. The van der Waals surface area contributed by atoms with Gasteiger partial charge < -0.3 is 9.64 Å². The molecule has 1 amide bonds. The number of piperidine rings is 2. The molecule has 9 heteroatoms. The summed E-state index contributed by atoms with van der Waals surface area (Å²) < 4.78 is 70.6. The highest BCUT2D eigenvalue weighted by Crippen LogP contribution is 2.36. The lowest BCUT2D eigenvalue weighted by Gasteiger charge is -2.43. The van der Waals surface area contributed by atoms with Crippen LogP contribution in [-0.4, -0.2) is 54.9 Å². The van der Waals surface area contributed by atoms with Gasteiger partial charge in [0.1, 0.15) is 19.1 Å². The number of halogens is 5. The zero-order chi connectivity index (χ0) is 21.7. The number of benzene rings is 1. The lowest BCUT2D eigenvalue weighted by atomic mass is 9.83. The molecule has 0 N–H and O–H groups in total. The van der Waals surface area contributed by atoms with Gasteiger partial charge in [-0.25, -0.2) is 13.6 Å². The molecular weight excluding hydrogens is 407 g/mol. The van der Waals surface area contributed by atoms with Crippen LogP contribution >= 0.6 is 0 Å². The van der Waals surface area contributed by atoms with Crippen molar-refractivity contribution in [3.8, 4) is 0 Å². The number of hydrogen-bond acceptors (Lipinski definition) is 3. The Labute approximate surface area is 173 Å².